The number of hydrogen-bond donors (Lipinski definition) is 0. The van der Waals surface area contributed by atoms with Crippen molar-refractivity contribution < 1.29 is 13.9 Å². The van der Waals surface area contributed by atoms with Crippen molar-refractivity contribution in [3.8, 4) is 40.0 Å². The monoisotopic (exact) mass is 566 g/mol. The maximum Gasteiger partial charge on any atom is 0.238 e. The quantitative estimate of drug-likeness (QED) is 0.166. The third kappa shape index (κ3) is 6.05. The number of ether oxygens (including phenoxy) is 2. The minimum Gasteiger partial charge on any atom is -0.490 e. The van der Waals surface area contributed by atoms with Crippen LogP contribution in [0.25, 0.3) is 22.5 Å². The van der Waals surface area contributed by atoms with Crippen molar-refractivity contribution in [3.05, 3.63) is 124 Å². The van der Waals surface area contributed by atoms with Crippen molar-refractivity contribution in [1.29, 1.82) is 5.26 Å². The number of furan rings is 1. The van der Waals surface area contributed by atoms with Crippen LogP contribution in [0.3, 0.4) is 0 Å². The normalized spacial score (nSPS) is 10.9. The molecular formula is C33H24Cl2N2O3. The largest absolute Gasteiger partial charge is 0.490 e. The summed E-state index contributed by atoms with van der Waals surface area (Å²) in [6.07, 6.45) is 1.60. The zero-order valence-corrected chi connectivity index (χ0v) is 23.1. The van der Waals surface area contributed by atoms with Crippen LogP contribution in [0, 0.1) is 11.3 Å². The Morgan fingerprint density at radius 3 is 2.20 bits per heavy atom. The summed E-state index contributed by atoms with van der Waals surface area (Å²) >= 11 is 12.6. The number of halogens is 2. The molecule has 0 aliphatic rings. The minimum absolute atomic E-state index is 0.206. The highest BCUT2D eigenvalue weighted by Gasteiger charge is 2.22. The summed E-state index contributed by atoms with van der Waals surface area (Å²) in [7, 11) is 0. The van der Waals surface area contributed by atoms with Gasteiger partial charge in [-0.1, -0.05) is 96.0 Å². The summed E-state index contributed by atoms with van der Waals surface area (Å²) in [6, 6.07) is 32.6. The molecule has 0 fully saturated rings. The fourth-order valence-corrected chi connectivity index (χ4v) is 4.62. The van der Waals surface area contributed by atoms with Crippen LogP contribution in [-0.2, 0) is 6.61 Å². The summed E-state index contributed by atoms with van der Waals surface area (Å²) in [5, 5.41) is 11.2. The van der Waals surface area contributed by atoms with E-state index in [9.17, 15) is 5.26 Å². The molecular weight excluding hydrogens is 543 g/mol. The van der Waals surface area contributed by atoms with E-state index in [1.807, 2.05) is 79.7 Å². The highest BCUT2D eigenvalue weighted by Crippen LogP contribution is 2.43. The second-order valence-corrected chi connectivity index (χ2v) is 9.61. The lowest BCUT2D eigenvalue weighted by atomic mass is 9.98. The van der Waals surface area contributed by atoms with Crippen LogP contribution < -0.4 is 9.47 Å². The van der Waals surface area contributed by atoms with Gasteiger partial charge in [-0.25, -0.2) is 4.99 Å². The lowest BCUT2D eigenvalue weighted by molar-refractivity contribution is 0.269. The van der Waals surface area contributed by atoms with Gasteiger partial charge >= 0.3 is 0 Å². The maximum absolute atomic E-state index is 10.1. The van der Waals surface area contributed by atoms with Gasteiger partial charge in [-0.2, -0.15) is 5.26 Å². The second kappa shape index (κ2) is 12.6. The van der Waals surface area contributed by atoms with Gasteiger partial charge in [-0.05, 0) is 47.9 Å². The van der Waals surface area contributed by atoms with Crippen LogP contribution >= 0.6 is 23.2 Å². The molecule has 5 aromatic rings. The van der Waals surface area contributed by atoms with Crippen molar-refractivity contribution in [1.82, 2.24) is 0 Å². The molecule has 1 heterocycles. The van der Waals surface area contributed by atoms with E-state index in [4.69, 9.17) is 37.1 Å². The van der Waals surface area contributed by atoms with Gasteiger partial charge in [0.1, 0.15) is 24.0 Å². The molecule has 0 amide bonds. The molecule has 0 aliphatic heterocycles. The predicted octanol–water partition coefficient (Wildman–Crippen LogP) is 9.52. The molecule has 198 valence electrons. The summed E-state index contributed by atoms with van der Waals surface area (Å²) in [5.41, 5.74) is 4.37. The first-order valence-corrected chi connectivity index (χ1v) is 13.4. The Hall–Kier alpha value is -4.50. The fraction of sp³-hybridized carbons (Fsp3) is 0.0909. The SMILES string of the molecule is CCOc1cc(C=Nc2oc(-c3ccccc3)c(-c3ccccc3)c2C#N)cc(Cl)c1OCc1ccc(Cl)cc1. The molecule has 4 aromatic carbocycles. The average Bonchev–Trinajstić information content (AvgIpc) is 3.36. The molecule has 0 spiro atoms. The van der Waals surface area contributed by atoms with E-state index in [1.54, 1.807) is 30.5 Å². The van der Waals surface area contributed by atoms with Crippen molar-refractivity contribution in [2.75, 3.05) is 6.61 Å². The average molecular weight is 567 g/mol. The Balaban J connectivity index is 1.50. The van der Waals surface area contributed by atoms with Crippen molar-refractivity contribution >= 4 is 35.3 Å². The minimum atomic E-state index is 0.206. The van der Waals surface area contributed by atoms with Crippen molar-refractivity contribution in [3.63, 3.8) is 0 Å². The van der Waals surface area contributed by atoms with E-state index < -0.39 is 0 Å². The Kier molecular flexibility index (Phi) is 8.51. The molecule has 0 saturated carbocycles. The number of rotatable bonds is 9. The first-order chi connectivity index (χ1) is 19.6. The van der Waals surface area contributed by atoms with Gasteiger partial charge in [0.2, 0.25) is 5.88 Å². The summed E-state index contributed by atoms with van der Waals surface area (Å²) in [5.74, 6) is 1.70. The maximum atomic E-state index is 10.1. The highest BCUT2D eigenvalue weighted by atomic mass is 35.5. The van der Waals surface area contributed by atoms with Gasteiger partial charge in [0, 0.05) is 22.4 Å². The van der Waals surface area contributed by atoms with E-state index in [1.165, 1.54) is 0 Å². The van der Waals surface area contributed by atoms with Crippen LogP contribution in [0.4, 0.5) is 5.88 Å². The number of benzene rings is 4. The Bertz CT molecular complexity index is 1670. The van der Waals surface area contributed by atoms with E-state index in [2.05, 4.69) is 11.1 Å². The third-order valence-electron chi connectivity index (χ3n) is 6.06. The number of nitriles is 1. The van der Waals surface area contributed by atoms with Gasteiger partial charge in [0.05, 0.1) is 11.6 Å². The molecule has 5 nitrogen and oxygen atoms in total. The third-order valence-corrected chi connectivity index (χ3v) is 6.59. The van der Waals surface area contributed by atoms with Crippen LogP contribution in [-0.4, -0.2) is 12.8 Å². The molecule has 5 rings (SSSR count). The van der Waals surface area contributed by atoms with E-state index in [0.29, 0.717) is 57.2 Å². The Morgan fingerprint density at radius 1 is 0.875 bits per heavy atom. The van der Waals surface area contributed by atoms with E-state index in [0.717, 1.165) is 16.7 Å². The first kappa shape index (κ1) is 27.1. The standard InChI is InChI=1S/C33H24Cl2N2O3/c1-2-38-29-18-23(17-28(35)32(29)39-21-22-13-15-26(34)16-14-22)20-37-33-27(19-36)30(24-9-5-3-6-10-24)31(40-33)25-11-7-4-8-12-25/h3-18,20H,2,21H2,1H3. The first-order valence-electron chi connectivity index (χ1n) is 12.6. The summed E-state index contributed by atoms with van der Waals surface area (Å²) in [4.78, 5) is 4.57. The second-order valence-electron chi connectivity index (χ2n) is 8.77. The van der Waals surface area contributed by atoms with Crippen LogP contribution in [0.1, 0.15) is 23.6 Å². The molecule has 1 aromatic heterocycles. The van der Waals surface area contributed by atoms with E-state index >= 15 is 0 Å². The van der Waals surface area contributed by atoms with Gasteiger partial charge in [0.15, 0.2) is 11.5 Å². The van der Waals surface area contributed by atoms with Gasteiger partial charge in [0.25, 0.3) is 0 Å². The molecule has 0 bridgehead atoms. The van der Waals surface area contributed by atoms with Gasteiger partial charge in [-0.15, -0.1) is 0 Å². The fourth-order valence-electron chi connectivity index (χ4n) is 4.22. The molecule has 0 saturated heterocycles. The Labute approximate surface area is 242 Å². The molecule has 40 heavy (non-hydrogen) atoms. The summed E-state index contributed by atoms with van der Waals surface area (Å²) in [6.45, 7) is 2.61. The molecule has 0 unspecified atom stereocenters. The van der Waals surface area contributed by atoms with Gasteiger partial charge < -0.3 is 13.9 Å². The van der Waals surface area contributed by atoms with E-state index in [-0.39, 0.29) is 5.88 Å². The predicted molar refractivity (Wildman–Crippen MR) is 160 cm³/mol. The number of aliphatic imine (C=N–C) groups is 1. The molecule has 7 heteroatoms. The molecule has 0 aliphatic carbocycles. The van der Waals surface area contributed by atoms with Crippen LogP contribution in [0.15, 0.2) is 106 Å². The zero-order chi connectivity index (χ0) is 27.9. The molecule has 0 atom stereocenters. The lowest BCUT2D eigenvalue weighted by Gasteiger charge is -2.14. The molecule has 0 N–H and O–H groups in total. The van der Waals surface area contributed by atoms with Crippen molar-refractivity contribution in [2.45, 2.75) is 13.5 Å². The Morgan fingerprint density at radius 2 is 1.55 bits per heavy atom. The lowest BCUT2D eigenvalue weighted by Crippen LogP contribution is -2.01. The highest BCUT2D eigenvalue weighted by molar-refractivity contribution is 6.32. The summed E-state index contributed by atoms with van der Waals surface area (Å²) < 4.78 is 18.1. The zero-order valence-electron chi connectivity index (χ0n) is 21.6. The number of hydrogen-bond acceptors (Lipinski definition) is 5. The molecule has 0 radical (unpaired) electrons. The van der Waals surface area contributed by atoms with Gasteiger partial charge in [-0.3, -0.25) is 0 Å². The van der Waals surface area contributed by atoms with Crippen LogP contribution in [0.2, 0.25) is 10.0 Å². The topological polar surface area (TPSA) is 67.8 Å². The van der Waals surface area contributed by atoms with Crippen molar-refractivity contribution in [2.24, 2.45) is 4.99 Å². The number of nitrogens with zero attached hydrogens (tertiary/aromatic N) is 2. The smallest absolute Gasteiger partial charge is 0.238 e. The van der Waals surface area contributed by atoms with Crippen LogP contribution in [0.5, 0.6) is 11.5 Å².